The average molecular weight is 209 g/mol. The topological polar surface area (TPSA) is 39.2 Å². The van der Waals surface area contributed by atoms with E-state index in [1.165, 1.54) is 0 Å². The molecule has 3 aromatic rings. The normalized spacial score (nSPS) is 10.8. The van der Waals surface area contributed by atoms with Crippen molar-refractivity contribution >= 4 is 16.9 Å². The smallest absolute Gasteiger partial charge is 0.199 e. The van der Waals surface area contributed by atoms with Gasteiger partial charge in [0.1, 0.15) is 5.58 Å². The van der Waals surface area contributed by atoms with Crippen LogP contribution in [0.15, 0.2) is 59.0 Å². The summed E-state index contributed by atoms with van der Waals surface area (Å²) < 4.78 is 5.53. The maximum absolute atomic E-state index is 5.92. The van der Waals surface area contributed by atoms with E-state index in [9.17, 15) is 0 Å². The highest BCUT2D eigenvalue weighted by Gasteiger charge is 2.12. The molecule has 0 fully saturated rings. The molecule has 0 aliphatic rings. The third kappa shape index (κ3) is 1.27. The minimum absolute atomic E-state index is 0.479. The molecule has 2 nitrogen and oxygen atoms in total. The number of rotatable bonds is 1. The van der Waals surface area contributed by atoms with Gasteiger partial charge in [-0.05, 0) is 11.6 Å². The first kappa shape index (κ1) is 9.04. The number of benzene rings is 2. The molecule has 0 saturated carbocycles. The first-order valence-electron chi connectivity index (χ1n) is 5.18. The highest BCUT2D eigenvalue weighted by atomic mass is 16.3. The van der Waals surface area contributed by atoms with Crippen LogP contribution in [0.5, 0.6) is 0 Å². The Hall–Kier alpha value is -2.22. The Bertz CT molecular complexity index is 626. The third-order valence-electron chi connectivity index (χ3n) is 2.69. The summed E-state index contributed by atoms with van der Waals surface area (Å²) in [7, 11) is 0. The fourth-order valence-corrected chi connectivity index (χ4v) is 1.97. The van der Waals surface area contributed by atoms with Gasteiger partial charge >= 0.3 is 0 Å². The van der Waals surface area contributed by atoms with Crippen molar-refractivity contribution in [3.05, 3.63) is 54.6 Å². The Balaban J connectivity index is 2.35. The van der Waals surface area contributed by atoms with Gasteiger partial charge in [0, 0.05) is 5.39 Å². The highest BCUT2D eigenvalue weighted by Crippen LogP contribution is 2.36. The van der Waals surface area contributed by atoms with E-state index in [1.54, 1.807) is 0 Å². The van der Waals surface area contributed by atoms with Gasteiger partial charge in [0.05, 0.1) is 5.56 Å². The fraction of sp³-hybridized carbons (Fsp3) is 0. The molecular formula is C14H11NO. The molecule has 2 heteroatoms. The molecule has 2 aromatic carbocycles. The number of nitrogen functional groups attached to an aromatic ring is 1. The van der Waals surface area contributed by atoms with Crippen molar-refractivity contribution in [3.8, 4) is 11.1 Å². The van der Waals surface area contributed by atoms with Crippen LogP contribution in [0.1, 0.15) is 0 Å². The van der Waals surface area contributed by atoms with E-state index in [2.05, 4.69) is 0 Å². The van der Waals surface area contributed by atoms with E-state index >= 15 is 0 Å². The Morgan fingerprint density at radius 1 is 0.812 bits per heavy atom. The van der Waals surface area contributed by atoms with Crippen LogP contribution in [0.25, 0.3) is 22.1 Å². The predicted octanol–water partition coefficient (Wildman–Crippen LogP) is 3.68. The van der Waals surface area contributed by atoms with Gasteiger partial charge in [0.2, 0.25) is 0 Å². The summed E-state index contributed by atoms with van der Waals surface area (Å²) in [5, 5.41) is 1.06. The van der Waals surface area contributed by atoms with Crippen molar-refractivity contribution in [1.29, 1.82) is 0 Å². The van der Waals surface area contributed by atoms with E-state index in [1.807, 2.05) is 54.6 Å². The van der Waals surface area contributed by atoms with Gasteiger partial charge in [-0.1, -0.05) is 48.5 Å². The Morgan fingerprint density at radius 3 is 2.31 bits per heavy atom. The van der Waals surface area contributed by atoms with E-state index in [0.29, 0.717) is 5.88 Å². The van der Waals surface area contributed by atoms with Crippen LogP contribution >= 0.6 is 0 Å². The second-order valence-corrected chi connectivity index (χ2v) is 3.70. The highest BCUT2D eigenvalue weighted by molar-refractivity contribution is 5.99. The quantitative estimate of drug-likeness (QED) is 0.664. The summed E-state index contributed by atoms with van der Waals surface area (Å²) >= 11 is 0. The van der Waals surface area contributed by atoms with Crippen molar-refractivity contribution in [2.45, 2.75) is 0 Å². The van der Waals surface area contributed by atoms with Crippen molar-refractivity contribution < 1.29 is 4.42 Å². The fourth-order valence-electron chi connectivity index (χ4n) is 1.97. The number of anilines is 1. The Labute approximate surface area is 93.3 Å². The standard InChI is InChI=1S/C14H11NO/c15-14-13(10-6-2-1-3-7-10)11-8-4-5-9-12(11)16-14/h1-9H,15H2. The van der Waals surface area contributed by atoms with Crippen LogP contribution in [0.3, 0.4) is 0 Å². The lowest BCUT2D eigenvalue weighted by Gasteiger charge is -1.98. The van der Waals surface area contributed by atoms with Crippen LogP contribution in [-0.2, 0) is 0 Å². The molecule has 1 aromatic heterocycles. The molecule has 0 aliphatic heterocycles. The Morgan fingerprint density at radius 2 is 1.50 bits per heavy atom. The summed E-state index contributed by atoms with van der Waals surface area (Å²) in [6.07, 6.45) is 0. The predicted molar refractivity (Wildman–Crippen MR) is 66.1 cm³/mol. The van der Waals surface area contributed by atoms with Crippen LogP contribution in [0, 0.1) is 0 Å². The summed E-state index contributed by atoms with van der Waals surface area (Å²) in [5.74, 6) is 0.479. The molecule has 1 heterocycles. The van der Waals surface area contributed by atoms with Gasteiger partial charge in [-0.15, -0.1) is 0 Å². The van der Waals surface area contributed by atoms with E-state index in [0.717, 1.165) is 22.1 Å². The van der Waals surface area contributed by atoms with Crippen molar-refractivity contribution in [3.63, 3.8) is 0 Å². The number of hydrogen-bond donors (Lipinski definition) is 1. The van der Waals surface area contributed by atoms with Crippen LogP contribution in [-0.4, -0.2) is 0 Å². The second kappa shape index (κ2) is 3.42. The van der Waals surface area contributed by atoms with Crippen molar-refractivity contribution in [2.75, 3.05) is 5.73 Å². The lowest BCUT2D eigenvalue weighted by Crippen LogP contribution is -1.84. The van der Waals surface area contributed by atoms with Gasteiger partial charge in [-0.3, -0.25) is 0 Å². The molecular weight excluding hydrogens is 198 g/mol. The molecule has 16 heavy (non-hydrogen) atoms. The summed E-state index contributed by atoms with van der Waals surface area (Å²) in [6, 6.07) is 17.9. The third-order valence-corrected chi connectivity index (χ3v) is 2.69. The summed E-state index contributed by atoms with van der Waals surface area (Å²) in [5.41, 5.74) is 8.82. The monoisotopic (exact) mass is 209 g/mol. The van der Waals surface area contributed by atoms with E-state index in [4.69, 9.17) is 10.2 Å². The Kier molecular flexibility index (Phi) is 1.93. The molecule has 0 spiro atoms. The molecule has 2 N–H and O–H groups in total. The summed E-state index contributed by atoms with van der Waals surface area (Å²) in [4.78, 5) is 0. The maximum atomic E-state index is 5.92. The zero-order valence-corrected chi connectivity index (χ0v) is 8.68. The van der Waals surface area contributed by atoms with E-state index < -0.39 is 0 Å². The first-order chi connectivity index (χ1) is 7.86. The molecule has 78 valence electrons. The first-order valence-corrected chi connectivity index (χ1v) is 5.18. The molecule has 0 amide bonds. The average Bonchev–Trinajstić information content (AvgIpc) is 2.66. The molecule has 0 radical (unpaired) electrons. The van der Waals surface area contributed by atoms with Crippen LogP contribution in [0.2, 0.25) is 0 Å². The summed E-state index contributed by atoms with van der Waals surface area (Å²) in [6.45, 7) is 0. The van der Waals surface area contributed by atoms with Crippen molar-refractivity contribution in [1.82, 2.24) is 0 Å². The number of hydrogen-bond acceptors (Lipinski definition) is 2. The second-order valence-electron chi connectivity index (χ2n) is 3.70. The lowest BCUT2D eigenvalue weighted by molar-refractivity contribution is 0.638. The molecule has 0 atom stereocenters. The largest absolute Gasteiger partial charge is 0.440 e. The van der Waals surface area contributed by atoms with Crippen molar-refractivity contribution in [2.24, 2.45) is 0 Å². The van der Waals surface area contributed by atoms with Crippen LogP contribution < -0.4 is 5.73 Å². The maximum Gasteiger partial charge on any atom is 0.199 e. The van der Waals surface area contributed by atoms with Gasteiger partial charge in [0.15, 0.2) is 5.88 Å². The van der Waals surface area contributed by atoms with Gasteiger partial charge < -0.3 is 10.2 Å². The van der Waals surface area contributed by atoms with Gasteiger partial charge in [0.25, 0.3) is 0 Å². The minimum Gasteiger partial charge on any atom is -0.440 e. The SMILES string of the molecule is Nc1oc2ccccc2c1-c1ccccc1. The van der Waals surface area contributed by atoms with E-state index in [-0.39, 0.29) is 0 Å². The number of furan rings is 1. The molecule has 0 saturated heterocycles. The van der Waals surface area contributed by atoms with Crippen LogP contribution in [0.4, 0.5) is 5.88 Å². The minimum atomic E-state index is 0.479. The zero-order chi connectivity index (χ0) is 11.0. The lowest BCUT2D eigenvalue weighted by atomic mass is 10.0. The molecule has 0 unspecified atom stereocenters. The molecule has 0 aliphatic carbocycles. The van der Waals surface area contributed by atoms with Gasteiger partial charge in [-0.25, -0.2) is 0 Å². The number of nitrogens with two attached hydrogens (primary N) is 1. The zero-order valence-electron chi connectivity index (χ0n) is 8.68. The number of fused-ring (bicyclic) bond motifs is 1. The van der Waals surface area contributed by atoms with Gasteiger partial charge in [-0.2, -0.15) is 0 Å². The number of para-hydroxylation sites is 1. The molecule has 0 bridgehead atoms. The molecule has 3 rings (SSSR count).